The minimum absolute atomic E-state index is 0.207. The van der Waals surface area contributed by atoms with Crippen LogP contribution in [-0.2, 0) is 28.6 Å². The van der Waals surface area contributed by atoms with E-state index in [-0.39, 0.29) is 12.2 Å². The number of nitrogens with zero attached hydrogens (tertiary/aromatic N) is 1. The van der Waals surface area contributed by atoms with Crippen LogP contribution >= 0.6 is 0 Å². The molecule has 1 N–H and O–H groups in total. The number of carbonyl (C=O) groups excluding carboxylic acids is 1. The van der Waals surface area contributed by atoms with Crippen LogP contribution in [0.15, 0.2) is 40.8 Å². The maximum absolute atomic E-state index is 13.5. The first kappa shape index (κ1) is 20.6. The third-order valence-electron chi connectivity index (χ3n) is 4.90. The number of esters is 1. The van der Waals surface area contributed by atoms with Crippen molar-refractivity contribution in [2.45, 2.75) is 32.8 Å². The summed E-state index contributed by atoms with van der Waals surface area (Å²) in [5.41, 5.74) is 0.918. The zero-order chi connectivity index (χ0) is 21.3. The molecule has 2 aromatic rings. The Morgan fingerprint density at radius 1 is 1.41 bits per heavy atom. The number of hydrogen-bond donors (Lipinski definition) is 1. The molecule has 1 aromatic carbocycles. The fourth-order valence-corrected chi connectivity index (χ4v) is 3.44. The molecule has 0 radical (unpaired) electrons. The van der Waals surface area contributed by atoms with Crippen molar-refractivity contribution in [3.05, 3.63) is 74.5 Å². The molecule has 1 aromatic heterocycles. The number of ether oxygens (including phenoxy) is 1. The van der Waals surface area contributed by atoms with E-state index in [1.54, 1.807) is 27.0 Å². The van der Waals surface area contributed by atoms with Crippen molar-refractivity contribution >= 4 is 11.5 Å². The molecule has 1 atom stereocenters. The standard InChI is InChI=1S/C23H22FNO4/c1-5-29-22(27)19-14(2)11-18-20(19)15(13-25(4)21(18)26)9-10-23(3,28)16-7-6-8-17(24)12-16/h6-8,12-13,28H,5,11H2,1-4H3. The number of pyridine rings is 1. The summed E-state index contributed by atoms with van der Waals surface area (Å²) in [5.74, 6) is 4.67. The van der Waals surface area contributed by atoms with Gasteiger partial charge in [0.05, 0.1) is 12.2 Å². The predicted octanol–water partition coefficient (Wildman–Crippen LogP) is 2.68. The molecule has 5 nitrogen and oxygen atoms in total. The SMILES string of the molecule is CCOC(=O)C1=C(C)Cc2c1c(C#CC(C)(O)c1cccc(F)c1)cn(C)c2=O. The Kier molecular flexibility index (Phi) is 5.45. The van der Waals surface area contributed by atoms with Crippen molar-refractivity contribution in [2.24, 2.45) is 7.05 Å². The van der Waals surface area contributed by atoms with Gasteiger partial charge in [-0.2, -0.15) is 0 Å². The van der Waals surface area contributed by atoms with Gasteiger partial charge in [0.2, 0.25) is 0 Å². The van der Waals surface area contributed by atoms with Crippen molar-refractivity contribution in [3.63, 3.8) is 0 Å². The number of benzene rings is 1. The van der Waals surface area contributed by atoms with Crippen molar-refractivity contribution in [1.29, 1.82) is 0 Å². The third kappa shape index (κ3) is 3.87. The lowest BCUT2D eigenvalue weighted by atomic mass is 9.95. The first-order valence-electron chi connectivity index (χ1n) is 9.27. The van der Waals surface area contributed by atoms with E-state index in [0.717, 1.165) is 5.57 Å². The highest BCUT2D eigenvalue weighted by molar-refractivity contribution is 6.19. The molecule has 0 aliphatic heterocycles. The monoisotopic (exact) mass is 395 g/mol. The number of aromatic nitrogens is 1. The average Bonchev–Trinajstić information content (AvgIpc) is 3.01. The Balaban J connectivity index is 2.15. The molecule has 0 saturated carbocycles. The van der Waals surface area contributed by atoms with Crippen molar-refractivity contribution < 1.29 is 19.0 Å². The summed E-state index contributed by atoms with van der Waals surface area (Å²) in [4.78, 5) is 25.1. The van der Waals surface area contributed by atoms with Gasteiger partial charge in [0.25, 0.3) is 5.56 Å². The quantitative estimate of drug-likeness (QED) is 0.641. The summed E-state index contributed by atoms with van der Waals surface area (Å²) in [7, 11) is 1.61. The Bertz CT molecular complexity index is 1150. The van der Waals surface area contributed by atoms with Gasteiger partial charge in [0.1, 0.15) is 11.4 Å². The van der Waals surface area contributed by atoms with Gasteiger partial charge < -0.3 is 14.4 Å². The summed E-state index contributed by atoms with van der Waals surface area (Å²) >= 11 is 0. The Morgan fingerprint density at radius 3 is 2.79 bits per heavy atom. The maximum atomic E-state index is 13.5. The topological polar surface area (TPSA) is 68.5 Å². The average molecular weight is 395 g/mol. The van der Waals surface area contributed by atoms with Gasteiger partial charge in [-0.05, 0) is 38.5 Å². The minimum atomic E-state index is -1.62. The largest absolute Gasteiger partial charge is 0.462 e. The Hall–Kier alpha value is -3.17. The summed E-state index contributed by atoms with van der Waals surface area (Å²) in [6.07, 6.45) is 1.87. The number of hydrogen-bond acceptors (Lipinski definition) is 4. The molecule has 0 saturated heterocycles. The lowest BCUT2D eigenvalue weighted by molar-refractivity contribution is -0.136. The van der Waals surface area contributed by atoms with Gasteiger partial charge in [-0.15, -0.1) is 0 Å². The predicted molar refractivity (Wildman–Crippen MR) is 107 cm³/mol. The zero-order valence-electron chi connectivity index (χ0n) is 16.8. The van der Waals surface area contributed by atoms with Crippen LogP contribution < -0.4 is 5.56 Å². The van der Waals surface area contributed by atoms with E-state index in [2.05, 4.69) is 11.8 Å². The van der Waals surface area contributed by atoms with Crippen molar-refractivity contribution in [2.75, 3.05) is 6.61 Å². The second kappa shape index (κ2) is 7.69. The molecule has 150 valence electrons. The molecule has 1 heterocycles. The normalized spacial score (nSPS) is 14.7. The highest BCUT2D eigenvalue weighted by Crippen LogP contribution is 2.34. The molecular formula is C23H22FNO4. The van der Waals surface area contributed by atoms with E-state index >= 15 is 0 Å². The number of aliphatic hydroxyl groups is 1. The van der Waals surface area contributed by atoms with Gasteiger partial charge in [-0.1, -0.05) is 29.5 Å². The number of halogens is 1. The van der Waals surface area contributed by atoms with E-state index in [1.807, 2.05) is 0 Å². The van der Waals surface area contributed by atoms with Crippen LogP contribution in [0.25, 0.3) is 5.57 Å². The van der Waals surface area contributed by atoms with Crippen LogP contribution in [0, 0.1) is 17.7 Å². The van der Waals surface area contributed by atoms with Crippen LogP contribution in [-0.4, -0.2) is 22.2 Å². The van der Waals surface area contributed by atoms with Gasteiger partial charge in [0.15, 0.2) is 0 Å². The van der Waals surface area contributed by atoms with Crippen molar-refractivity contribution in [1.82, 2.24) is 4.57 Å². The summed E-state index contributed by atoms with van der Waals surface area (Å²) < 4.78 is 20.1. The molecule has 0 fully saturated rings. The molecule has 3 rings (SSSR count). The zero-order valence-corrected chi connectivity index (χ0v) is 16.8. The van der Waals surface area contributed by atoms with Crippen molar-refractivity contribution in [3.8, 4) is 11.8 Å². The second-order valence-corrected chi connectivity index (χ2v) is 7.20. The molecule has 6 heteroatoms. The number of allylic oxidation sites excluding steroid dienone is 1. The van der Waals surface area contributed by atoms with Gasteiger partial charge in [-0.25, -0.2) is 9.18 Å². The van der Waals surface area contributed by atoms with Crippen LogP contribution in [0.1, 0.15) is 43.0 Å². The smallest absolute Gasteiger partial charge is 0.338 e. The van der Waals surface area contributed by atoms with E-state index in [9.17, 15) is 19.1 Å². The van der Waals surface area contributed by atoms with E-state index in [1.165, 1.54) is 35.9 Å². The molecule has 0 bridgehead atoms. The Labute approximate surface area is 168 Å². The first-order valence-corrected chi connectivity index (χ1v) is 9.27. The lowest BCUT2D eigenvalue weighted by Gasteiger charge is -2.17. The minimum Gasteiger partial charge on any atom is -0.462 e. The second-order valence-electron chi connectivity index (χ2n) is 7.20. The number of fused-ring (bicyclic) bond motifs is 1. The molecule has 0 spiro atoms. The van der Waals surface area contributed by atoms with Gasteiger partial charge >= 0.3 is 5.97 Å². The number of aryl methyl sites for hydroxylation is 1. The molecule has 0 amide bonds. The first-order chi connectivity index (χ1) is 13.7. The van der Waals surface area contributed by atoms with Crippen LogP contribution in [0.2, 0.25) is 0 Å². The lowest BCUT2D eigenvalue weighted by Crippen LogP contribution is -2.23. The molecule has 1 aliphatic rings. The van der Waals surface area contributed by atoms with E-state index < -0.39 is 17.4 Å². The molecule has 1 unspecified atom stereocenters. The molecule has 29 heavy (non-hydrogen) atoms. The maximum Gasteiger partial charge on any atom is 0.338 e. The van der Waals surface area contributed by atoms with Gasteiger partial charge in [0, 0.05) is 36.4 Å². The highest BCUT2D eigenvalue weighted by Gasteiger charge is 2.31. The summed E-state index contributed by atoms with van der Waals surface area (Å²) in [6.45, 7) is 5.17. The van der Waals surface area contributed by atoms with Crippen LogP contribution in [0.4, 0.5) is 4.39 Å². The van der Waals surface area contributed by atoms with E-state index in [0.29, 0.717) is 34.2 Å². The third-order valence-corrected chi connectivity index (χ3v) is 4.90. The fourth-order valence-electron chi connectivity index (χ4n) is 3.44. The van der Waals surface area contributed by atoms with Crippen LogP contribution in [0.3, 0.4) is 0 Å². The number of carbonyl (C=O) groups is 1. The van der Waals surface area contributed by atoms with Crippen LogP contribution in [0.5, 0.6) is 0 Å². The fraction of sp³-hybridized carbons (Fsp3) is 0.304. The molecule has 1 aliphatic carbocycles. The van der Waals surface area contributed by atoms with E-state index in [4.69, 9.17) is 4.74 Å². The van der Waals surface area contributed by atoms with Gasteiger partial charge in [-0.3, -0.25) is 4.79 Å². The number of rotatable bonds is 3. The molecular weight excluding hydrogens is 373 g/mol. The highest BCUT2D eigenvalue weighted by atomic mass is 19.1. The summed E-state index contributed by atoms with van der Waals surface area (Å²) in [5, 5.41) is 10.7. The Morgan fingerprint density at radius 2 is 2.14 bits per heavy atom. The summed E-state index contributed by atoms with van der Waals surface area (Å²) in [6, 6.07) is 5.58.